The Labute approximate surface area is 125 Å². The second-order valence-electron chi connectivity index (χ2n) is 5.10. The van der Waals surface area contributed by atoms with Gasteiger partial charge in [-0.3, -0.25) is 9.59 Å². The van der Waals surface area contributed by atoms with Gasteiger partial charge in [0.2, 0.25) is 5.91 Å². The van der Waals surface area contributed by atoms with Gasteiger partial charge in [-0.25, -0.2) is 0 Å². The highest BCUT2D eigenvalue weighted by Gasteiger charge is 2.37. The normalized spacial score (nSPS) is 21.7. The van der Waals surface area contributed by atoms with E-state index in [0.717, 1.165) is 10.7 Å². The molecule has 21 heavy (non-hydrogen) atoms. The summed E-state index contributed by atoms with van der Waals surface area (Å²) in [5.74, 6) is -1.59. The number of hydrogen-bond acceptors (Lipinski definition) is 4. The lowest BCUT2D eigenvalue weighted by Gasteiger charge is -2.32. The van der Waals surface area contributed by atoms with E-state index in [1.54, 1.807) is 0 Å². The topological polar surface area (TPSA) is 116 Å². The van der Waals surface area contributed by atoms with Crippen LogP contribution in [-0.2, 0) is 19.8 Å². The summed E-state index contributed by atoms with van der Waals surface area (Å²) in [5.41, 5.74) is 0. The summed E-state index contributed by atoms with van der Waals surface area (Å²) < 4.78 is 27.7. The van der Waals surface area contributed by atoms with Crippen LogP contribution in [0.25, 0.3) is 0 Å². The van der Waals surface area contributed by atoms with Crippen LogP contribution in [0.4, 0.5) is 0 Å². The van der Waals surface area contributed by atoms with Gasteiger partial charge in [0.15, 0.2) is 0 Å². The summed E-state index contributed by atoms with van der Waals surface area (Å²) >= 11 is 0. The Kier molecular flexibility index (Phi) is 6.56. The van der Waals surface area contributed by atoms with E-state index in [0.29, 0.717) is 19.4 Å². The maximum atomic E-state index is 12.3. The molecule has 1 amide bonds. The molecule has 1 aliphatic rings. The number of carbonyl (C=O) groups is 2. The molecule has 0 aromatic carbocycles. The number of nitrogens with one attached hydrogen (secondary N) is 2. The lowest BCUT2D eigenvalue weighted by Crippen LogP contribution is -2.55. The van der Waals surface area contributed by atoms with E-state index in [2.05, 4.69) is 10.0 Å². The van der Waals surface area contributed by atoms with Gasteiger partial charge >= 0.3 is 5.97 Å². The first kappa shape index (κ1) is 17.9. The molecule has 0 aliphatic carbocycles. The van der Waals surface area contributed by atoms with E-state index >= 15 is 0 Å². The molecule has 0 aromatic rings. The van der Waals surface area contributed by atoms with E-state index in [9.17, 15) is 18.0 Å². The van der Waals surface area contributed by atoms with Gasteiger partial charge in [0.25, 0.3) is 10.2 Å². The molecule has 3 N–H and O–H groups in total. The number of carboxylic acid groups (broad SMARTS) is 1. The Morgan fingerprint density at radius 1 is 1.38 bits per heavy atom. The van der Waals surface area contributed by atoms with Crippen molar-refractivity contribution in [1.82, 2.24) is 14.3 Å². The number of carbonyl (C=O) groups excluding carboxylic acids is 1. The quantitative estimate of drug-likeness (QED) is 0.594. The smallest absolute Gasteiger partial charge is 0.322 e. The van der Waals surface area contributed by atoms with Gasteiger partial charge in [-0.05, 0) is 32.6 Å². The molecule has 0 radical (unpaired) electrons. The molecule has 1 saturated heterocycles. The number of amides is 1. The molecule has 1 aliphatic heterocycles. The molecule has 122 valence electrons. The molecule has 0 spiro atoms. The zero-order chi connectivity index (χ0) is 16.0. The third-order valence-electron chi connectivity index (χ3n) is 3.32. The molecular formula is C12H23N3O5S. The fourth-order valence-electron chi connectivity index (χ4n) is 2.19. The van der Waals surface area contributed by atoms with Gasteiger partial charge in [-0.1, -0.05) is 6.92 Å². The van der Waals surface area contributed by atoms with Gasteiger partial charge in [0.05, 0.1) is 6.04 Å². The third kappa shape index (κ3) is 4.94. The molecule has 1 fully saturated rings. The summed E-state index contributed by atoms with van der Waals surface area (Å²) in [7, 11) is -4.01. The molecule has 2 unspecified atom stereocenters. The second kappa shape index (κ2) is 7.71. The van der Waals surface area contributed by atoms with Crippen molar-refractivity contribution in [2.45, 2.75) is 51.6 Å². The molecule has 9 heteroatoms. The molecule has 1 heterocycles. The highest BCUT2D eigenvalue weighted by molar-refractivity contribution is 7.87. The lowest BCUT2D eigenvalue weighted by molar-refractivity contribution is -0.142. The first-order chi connectivity index (χ1) is 9.79. The van der Waals surface area contributed by atoms with Crippen LogP contribution >= 0.6 is 0 Å². The minimum atomic E-state index is -4.01. The summed E-state index contributed by atoms with van der Waals surface area (Å²) in [6.45, 7) is 3.94. The molecule has 0 bridgehead atoms. The molecular weight excluding hydrogens is 298 g/mol. The fraction of sp³-hybridized carbons (Fsp3) is 0.833. The number of nitrogens with zero attached hydrogens (tertiary/aromatic N) is 1. The largest absolute Gasteiger partial charge is 0.480 e. The molecule has 0 aromatic heterocycles. The number of aliphatic carboxylic acids is 1. The maximum absolute atomic E-state index is 12.3. The van der Waals surface area contributed by atoms with Crippen molar-refractivity contribution < 1.29 is 23.1 Å². The zero-order valence-corrected chi connectivity index (χ0v) is 13.1. The van der Waals surface area contributed by atoms with Crippen molar-refractivity contribution in [3.63, 3.8) is 0 Å². The van der Waals surface area contributed by atoms with Crippen LogP contribution in [0.15, 0.2) is 0 Å². The summed E-state index contributed by atoms with van der Waals surface area (Å²) in [6.07, 6.45) is 2.32. The predicted octanol–water partition coefficient (Wildman–Crippen LogP) is -0.325. The summed E-state index contributed by atoms with van der Waals surface area (Å²) in [6, 6.07) is -2.01. The third-order valence-corrected chi connectivity index (χ3v) is 5.02. The van der Waals surface area contributed by atoms with Crippen LogP contribution in [0.1, 0.15) is 39.5 Å². The van der Waals surface area contributed by atoms with E-state index in [1.807, 2.05) is 6.92 Å². The van der Waals surface area contributed by atoms with Crippen LogP contribution in [0, 0.1) is 0 Å². The van der Waals surface area contributed by atoms with Crippen LogP contribution in [0.2, 0.25) is 0 Å². The monoisotopic (exact) mass is 321 g/mol. The van der Waals surface area contributed by atoms with Crippen LogP contribution < -0.4 is 10.0 Å². The Morgan fingerprint density at radius 3 is 2.62 bits per heavy atom. The lowest BCUT2D eigenvalue weighted by atomic mass is 10.1. The minimum absolute atomic E-state index is 0.148. The van der Waals surface area contributed by atoms with E-state index in [-0.39, 0.29) is 13.0 Å². The number of piperidine rings is 1. The average molecular weight is 321 g/mol. The first-order valence-electron chi connectivity index (χ1n) is 7.09. The molecule has 1 rings (SSSR count). The Balaban J connectivity index is 2.75. The SMILES string of the molecule is CCCNC(=O)C(C)NS(=O)(=O)N1CCCCC1C(=O)O. The van der Waals surface area contributed by atoms with Crippen molar-refractivity contribution in [3.8, 4) is 0 Å². The van der Waals surface area contributed by atoms with Crippen molar-refractivity contribution in [3.05, 3.63) is 0 Å². The first-order valence-corrected chi connectivity index (χ1v) is 8.53. The van der Waals surface area contributed by atoms with Gasteiger partial charge in [-0.15, -0.1) is 0 Å². The number of hydrogen-bond donors (Lipinski definition) is 3. The summed E-state index contributed by atoms with van der Waals surface area (Å²) in [5, 5.41) is 11.7. The fourth-order valence-corrected chi connectivity index (χ4v) is 3.77. The van der Waals surface area contributed by atoms with Gasteiger partial charge in [-0.2, -0.15) is 17.4 Å². The van der Waals surface area contributed by atoms with Gasteiger partial charge in [0, 0.05) is 13.1 Å². The van der Waals surface area contributed by atoms with E-state index < -0.39 is 34.2 Å². The number of carboxylic acids is 1. The number of rotatable bonds is 7. The standard InChI is InChI=1S/C12H23N3O5S/c1-3-7-13-11(16)9(2)14-21(19,20)15-8-5-4-6-10(15)12(17)18/h9-10,14H,3-8H2,1-2H3,(H,13,16)(H,17,18). The van der Waals surface area contributed by atoms with E-state index in [1.165, 1.54) is 6.92 Å². The zero-order valence-electron chi connectivity index (χ0n) is 12.3. The second-order valence-corrected chi connectivity index (χ2v) is 6.75. The molecule has 0 saturated carbocycles. The van der Waals surface area contributed by atoms with Crippen molar-refractivity contribution >= 4 is 22.1 Å². The van der Waals surface area contributed by atoms with Crippen LogP contribution in [0.3, 0.4) is 0 Å². The summed E-state index contributed by atoms with van der Waals surface area (Å²) in [4.78, 5) is 22.9. The van der Waals surface area contributed by atoms with Crippen molar-refractivity contribution in [1.29, 1.82) is 0 Å². The predicted molar refractivity (Wildman–Crippen MR) is 76.8 cm³/mol. The van der Waals surface area contributed by atoms with Gasteiger partial charge < -0.3 is 10.4 Å². The highest BCUT2D eigenvalue weighted by Crippen LogP contribution is 2.20. The highest BCUT2D eigenvalue weighted by atomic mass is 32.2. The maximum Gasteiger partial charge on any atom is 0.322 e. The molecule has 8 nitrogen and oxygen atoms in total. The molecule has 2 atom stereocenters. The van der Waals surface area contributed by atoms with Crippen molar-refractivity contribution in [2.24, 2.45) is 0 Å². The van der Waals surface area contributed by atoms with Gasteiger partial charge in [0.1, 0.15) is 6.04 Å². The Morgan fingerprint density at radius 2 is 2.05 bits per heavy atom. The van der Waals surface area contributed by atoms with Crippen LogP contribution in [-0.4, -0.2) is 54.9 Å². The van der Waals surface area contributed by atoms with E-state index in [4.69, 9.17) is 5.11 Å². The Bertz CT molecular complexity index is 479. The average Bonchev–Trinajstić information content (AvgIpc) is 2.44. The Hall–Kier alpha value is -1.19. The van der Waals surface area contributed by atoms with Crippen molar-refractivity contribution in [2.75, 3.05) is 13.1 Å². The minimum Gasteiger partial charge on any atom is -0.480 e. The van der Waals surface area contributed by atoms with Crippen LogP contribution in [0.5, 0.6) is 0 Å².